The van der Waals surface area contributed by atoms with Crippen molar-refractivity contribution in [1.29, 1.82) is 0 Å². The Morgan fingerprint density at radius 3 is 2.89 bits per heavy atom. The van der Waals surface area contributed by atoms with Gasteiger partial charge in [-0.15, -0.1) is 0 Å². The molecule has 2 aliphatic rings. The van der Waals surface area contributed by atoms with Gasteiger partial charge in [0.15, 0.2) is 5.78 Å². The smallest absolute Gasteiger partial charge is 0.246 e. The number of pyridine rings is 1. The van der Waals surface area contributed by atoms with Gasteiger partial charge in [-0.2, -0.15) is 9.47 Å². The van der Waals surface area contributed by atoms with E-state index in [9.17, 15) is 9.59 Å². The fourth-order valence-corrected chi connectivity index (χ4v) is 5.27. The summed E-state index contributed by atoms with van der Waals surface area (Å²) < 4.78 is 6.22. The summed E-state index contributed by atoms with van der Waals surface area (Å²) in [7, 11) is 0. The molecule has 2 fully saturated rings. The van der Waals surface area contributed by atoms with Crippen LogP contribution in [0, 0.1) is 17.8 Å². The molecule has 1 saturated heterocycles. The normalized spacial score (nSPS) is 17.5. The standard InChI is InChI=1S/C26H22N6O2S/c1-2-22(33)31-10-9-18(13-31)32-24-19(25(34)16-6-7-16)12-28-26(27)23(24)20(29-32)8-4-15-3-5-17-14-35-30-21(17)11-15/h2-3,5,11-12,14,16,18H,1,6-7,9-10,13H2,(H2,27,28)/t18-/m0/s1. The van der Waals surface area contributed by atoms with Gasteiger partial charge < -0.3 is 10.6 Å². The minimum absolute atomic E-state index is 0.0220. The summed E-state index contributed by atoms with van der Waals surface area (Å²) in [4.78, 5) is 31.4. The highest BCUT2D eigenvalue weighted by molar-refractivity contribution is 7.04. The first-order chi connectivity index (χ1) is 17.0. The van der Waals surface area contributed by atoms with Crippen LogP contribution in [0.4, 0.5) is 5.82 Å². The molecule has 1 aliphatic heterocycles. The molecule has 0 spiro atoms. The molecule has 4 heterocycles. The summed E-state index contributed by atoms with van der Waals surface area (Å²) in [5.74, 6) is 6.61. The molecule has 3 aromatic heterocycles. The Kier molecular flexibility index (Phi) is 5.11. The number of hydrogen-bond donors (Lipinski definition) is 1. The van der Waals surface area contributed by atoms with Crippen molar-refractivity contribution in [2.45, 2.75) is 25.3 Å². The lowest BCUT2D eigenvalue weighted by molar-refractivity contribution is -0.125. The maximum Gasteiger partial charge on any atom is 0.246 e. The highest BCUT2D eigenvalue weighted by Gasteiger charge is 2.35. The lowest BCUT2D eigenvalue weighted by Gasteiger charge is -2.16. The Hall–Kier alpha value is -4.03. The molecule has 8 nitrogen and oxygen atoms in total. The second-order valence-corrected chi connectivity index (χ2v) is 9.61. The van der Waals surface area contributed by atoms with E-state index in [1.165, 1.54) is 17.6 Å². The zero-order valence-corrected chi connectivity index (χ0v) is 19.7. The first-order valence-corrected chi connectivity index (χ1v) is 12.4. The number of anilines is 1. The van der Waals surface area contributed by atoms with E-state index in [-0.39, 0.29) is 29.5 Å². The van der Waals surface area contributed by atoms with Crippen molar-refractivity contribution in [1.82, 2.24) is 24.0 Å². The average molecular weight is 483 g/mol. The Balaban J connectivity index is 1.49. The second kappa shape index (κ2) is 8.32. The predicted molar refractivity (Wildman–Crippen MR) is 135 cm³/mol. The van der Waals surface area contributed by atoms with Gasteiger partial charge in [0.2, 0.25) is 5.91 Å². The molecule has 2 N–H and O–H groups in total. The summed E-state index contributed by atoms with van der Waals surface area (Å²) >= 11 is 1.41. The van der Waals surface area contributed by atoms with E-state index in [4.69, 9.17) is 10.8 Å². The highest BCUT2D eigenvalue weighted by Crippen LogP contribution is 2.37. The third-order valence-corrected chi connectivity index (χ3v) is 7.31. The number of likely N-dealkylation sites (tertiary alicyclic amines) is 1. The van der Waals surface area contributed by atoms with Gasteiger partial charge >= 0.3 is 0 Å². The van der Waals surface area contributed by atoms with Crippen molar-refractivity contribution in [3.63, 3.8) is 0 Å². The van der Waals surface area contributed by atoms with Gasteiger partial charge in [0.1, 0.15) is 11.5 Å². The summed E-state index contributed by atoms with van der Waals surface area (Å²) in [6, 6.07) is 5.78. The molecule has 1 atom stereocenters. The van der Waals surface area contributed by atoms with Crippen molar-refractivity contribution in [2.24, 2.45) is 5.92 Å². The van der Waals surface area contributed by atoms with Crippen molar-refractivity contribution in [3.05, 3.63) is 59.3 Å². The Bertz CT molecular complexity index is 1590. The molecule has 1 saturated carbocycles. The molecule has 0 radical (unpaired) electrons. The predicted octanol–water partition coefficient (Wildman–Crippen LogP) is 3.58. The number of hydrogen-bond acceptors (Lipinski definition) is 7. The molecule has 174 valence electrons. The monoisotopic (exact) mass is 482 g/mol. The fourth-order valence-electron chi connectivity index (χ4n) is 4.63. The van der Waals surface area contributed by atoms with Crippen LogP contribution in [0.5, 0.6) is 0 Å². The highest BCUT2D eigenvalue weighted by atomic mass is 32.1. The van der Waals surface area contributed by atoms with Gasteiger partial charge in [-0.25, -0.2) is 4.98 Å². The van der Waals surface area contributed by atoms with E-state index in [0.717, 1.165) is 29.3 Å². The molecular formula is C26H22N6O2S. The number of benzene rings is 1. The van der Waals surface area contributed by atoms with Gasteiger partial charge in [-0.3, -0.25) is 14.3 Å². The summed E-state index contributed by atoms with van der Waals surface area (Å²) in [6.07, 6.45) is 5.36. The minimum Gasteiger partial charge on any atom is -0.383 e. The van der Waals surface area contributed by atoms with Gasteiger partial charge in [-0.1, -0.05) is 18.6 Å². The van der Waals surface area contributed by atoms with Crippen molar-refractivity contribution in [2.75, 3.05) is 18.8 Å². The van der Waals surface area contributed by atoms with Crippen LogP contribution in [-0.4, -0.2) is 48.8 Å². The zero-order chi connectivity index (χ0) is 24.1. The first kappa shape index (κ1) is 21.5. The average Bonchev–Trinajstić information content (AvgIpc) is 3.26. The van der Waals surface area contributed by atoms with Crippen molar-refractivity contribution in [3.8, 4) is 11.8 Å². The van der Waals surface area contributed by atoms with Gasteiger partial charge in [-0.05, 0) is 54.9 Å². The van der Waals surface area contributed by atoms with Gasteiger partial charge in [0, 0.05) is 41.5 Å². The van der Waals surface area contributed by atoms with Crippen LogP contribution in [0.3, 0.4) is 0 Å². The molecule has 35 heavy (non-hydrogen) atoms. The van der Waals surface area contributed by atoms with E-state index >= 15 is 0 Å². The lowest BCUT2D eigenvalue weighted by atomic mass is 10.0. The Morgan fingerprint density at radius 2 is 2.09 bits per heavy atom. The molecule has 9 heteroatoms. The third-order valence-electron chi connectivity index (χ3n) is 6.65. The van der Waals surface area contributed by atoms with Gasteiger partial charge in [0.05, 0.1) is 28.0 Å². The molecular weight excluding hydrogens is 460 g/mol. The number of amides is 1. The van der Waals surface area contributed by atoms with Crippen LogP contribution >= 0.6 is 11.5 Å². The number of ketones is 1. The molecule has 1 amide bonds. The van der Waals surface area contributed by atoms with Gasteiger partial charge in [0.25, 0.3) is 0 Å². The number of nitrogens with two attached hydrogens (primary N) is 1. The molecule has 0 unspecified atom stereocenters. The van der Waals surface area contributed by atoms with Crippen LogP contribution in [0.1, 0.15) is 46.9 Å². The zero-order valence-electron chi connectivity index (χ0n) is 18.9. The number of carbonyl (C=O) groups is 2. The van der Waals surface area contributed by atoms with Crippen molar-refractivity contribution < 1.29 is 9.59 Å². The van der Waals surface area contributed by atoms with Crippen LogP contribution in [-0.2, 0) is 4.79 Å². The third kappa shape index (κ3) is 3.76. The molecule has 1 aromatic carbocycles. The number of nitrogens with zero attached hydrogens (tertiary/aromatic N) is 5. The van der Waals surface area contributed by atoms with Crippen LogP contribution in [0.2, 0.25) is 0 Å². The van der Waals surface area contributed by atoms with E-state index in [1.54, 1.807) is 11.1 Å². The van der Waals surface area contributed by atoms with Crippen LogP contribution in [0.15, 0.2) is 42.4 Å². The summed E-state index contributed by atoms with van der Waals surface area (Å²) in [5, 5.41) is 8.50. The molecule has 4 aromatic rings. The molecule has 0 bridgehead atoms. The number of rotatable bonds is 4. The number of aromatic nitrogens is 4. The SMILES string of the molecule is C=CC(=O)N1CC[C@H](n2nc(C#Cc3ccc4csnc4c3)c3c(N)ncc(C(=O)C4CC4)c32)C1. The second-order valence-electron chi connectivity index (χ2n) is 8.98. The van der Waals surface area contributed by atoms with Crippen molar-refractivity contribution >= 4 is 50.8 Å². The quantitative estimate of drug-likeness (QED) is 0.271. The first-order valence-electron chi connectivity index (χ1n) is 11.5. The van der Waals surface area contributed by atoms with E-state index < -0.39 is 0 Å². The number of Topliss-reactive ketones (excluding diaryl/α,β-unsaturated/α-hetero) is 1. The van der Waals surface area contributed by atoms with Crippen LogP contribution < -0.4 is 5.73 Å². The molecule has 1 aliphatic carbocycles. The lowest BCUT2D eigenvalue weighted by Crippen LogP contribution is -2.27. The van der Waals surface area contributed by atoms with Crippen LogP contribution in [0.25, 0.3) is 21.8 Å². The summed E-state index contributed by atoms with van der Waals surface area (Å²) in [5.41, 5.74) is 9.69. The maximum atomic E-state index is 13.2. The van der Waals surface area contributed by atoms with E-state index in [2.05, 4.69) is 27.8 Å². The topological polar surface area (TPSA) is 107 Å². The molecule has 6 rings (SSSR count). The Labute approximate surface area is 205 Å². The minimum atomic E-state index is -0.114. The largest absolute Gasteiger partial charge is 0.383 e. The Morgan fingerprint density at radius 1 is 1.23 bits per heavy atom. The number of nitrogen functional groups attached to an aromatic ring is 1. The number of fused-ring (bicyclic) bond motifs is 2. The maximum absolute atomic E-state index is 13.2. The summed E-state index contributed by atoms with van der Waals surface area (Å²) in [6.45, 7) is 4.67. The number of carbonyl (C=O) groups excluding carboxylic acids is 2. The van der Waals surface area contributed by atoms with E-state index in [1.807, 2.05) is 28.3 Å². The fraction of sp³-hybridized carbons (Fsp3) is 0.269. The van der Waals surface area contributed by atoms with E-state index in [0.29, 0.717) is 41.7 Å².